The van der Waals surface area contributed by atoms with Crippen molar-refractivity contribution in [1.82, 2.24) is 9.78 Å². The van der Waals surface area contributed by atoms with Gasteiger partial charge in [0.1, 0.15) is 11.6 Å². The third-order valence-electron chi connectivity index (χ3n) is 5.47. The number of halogens is 1. The number of benzene rings is 1. The fraction of sp³-hybridized carbons (Fsp3) is 0.364. The van der Waals surface area contributed by atoms with Gasteiger partial charge in [-0.25, -0.2) is 4.39 Å². The van der Waals surface area contributed by atoms with Crippen molar-refractivity contribution in [3.8, 4) is 0 Å². The molecule has 6 nitrogen and oxygen atoms in total. The second-order valence-corrected chi connectivity index (χ2v) is 7.49. The summed E-state index contributed by atoms with van der Waals surface area (Å²) in [6, 6.07) is 10.3. The molecule has 152 valence electrons. The van der Waals surface area contributed by atoms with Crippen molar-refractivity contribution >= 4 is 17.3 Å². The minimum absolute atomic E-state index is 0.177. The smallest absolute Gasteiger partial charge is 0.291 e. The predicted molar refractivity (Wildman–Crippen MR) is 110 cm³/mol. The summed E-state index contributed by atoms with van der Waals surface area (Å²) in [7, 11) is 1.94. The molecule has 29 heavy (non-hydrogen) atoms. The van der Waals surface area contributed by atoms with Crippen LogP contribution in [0, 0.1) is 5.82 Å². The highest BCUT2D eigenvalue weighted by Gasteiger charge is 2.21. The fourth-order valence-electron chi connectivity index (χ4n) is 3.87. The lowest BCUT2D eigenvalue weighted by Crippen LogP contribution is -2.33. The first-order chi connectivity index (χ1) is 14.1. The van der Waals surface area contributed by atoms with Crippen molar-refractivity contribution in [3.63, 3.8) is 0 Å². The summed E-state index contributed by atoms with van der Waals surface area (Å²) in [5.41, 5.74) is 0.965. The Balaban J connectivity index is 1.41. The molecule has 7 heteroatoms. The van der Waals surface area contributed by atoms with Crippen LogP contribution in [-0.4, -0.2) is 28.8 Å². The molecule has 1 saturated carbocycles. The maximum Gasteiger partial charge on any atom is 0.291 e. The van der Waals surface area contributed by atoms with Crippen LogP contribution in [0.25, 0.3) is 0 Å². The molecule has 0 aliphatic heterocycles. The van der Waals surface area contributed by atoms with E-state index in [1.165, 1.54) is 25.3 Å². The van der Waals surface area contributed by atoms with Gasteiger partial charge in [0.05, 0.1) is 12.2 Å². The van der Waals surface area contributed by atoms with E-state index in [-0.39, 0.29) is 11.6 Å². The number of aromatic nitrogens is 2. The zero-order valence-corrected chi connectivity index (χ0v) is 16.5. The van der Waals surface area contributed by atoms with Gasteiger partial charge in [0.2, 0.25) is 0 Å². The Kier molecular flexibility index (Phi) is 5.64. The molecular weight excluding hydrogens is 371 g/mol. The number of rotatable bonds is 6. The van der Waals surface area contributed by atoms with Gasteiger partial charge < -0.3 is 14.6 Å². The van der Waals surface area contributed by atoms with E-state index in [1.807, 2.05) is 24.2 Å². The fourth-order valence-corrected chi connectivity index (χ4v) is 3.87. The largest absolute Gasteiger partial charge is 0.454 e. The number of hydrogen-bond acceptors (Lipinski definition) is 4. The van der Waals surface area contributed by atoms with E-state index in [1.54, 1.807) is 35.1 Å². The van der Waals surface area contributed by atoms with Crippen LogP contribution >= 0.6 is 0 Å². The lowest BCUT2D eigenvalue weighted by atomic mass is 9.94. The first-order valence-electron chi connectivity index (χ1n) is 10.00. The number of nitrogens with one attached hydrogen (secondary N) is 1. The summed E-state index contributed by atoms with van der Waals surface area (Å²) in [5.74, 6) is 0.0460. The monoisotopic (exact) mass is 396 g/mol. The third-order valence-corrected chi connectivity index (χ3v) is 5.47. The number of carbonyl (C=O) groups is 1. The number of furan rings is 1. The van der Waals surface area contributed by atoms with Crippen LogP contribution in [-0.2, 0) is 6.54 Å². The molecule has 0 bridgehead atoms. The molecule has 1 aliphatic rings. The van der Waals surface area contributed by atoms with Gasteiger partial charge in [-0.2, -0.15) is 5.10 Å². The van der Waals surface area contributed by atoms with E-state index in [0.29, 0.717) is 29.7 Å². The van der Waals surface area contributed by atoms with E-state index in [0.717, 1.165) is 12.8 Å². The highest BCUT2D eigenvalue weighted by molar-refractivity contribution is 6.02. The Morgan fingerprint density at radius 1 is 1.28 bits per heavy atom. The van der Waals surface area contributed by atoms with Crippen LogP contribution in [0.1, 0.15) is 48.4 Å². The predicted octanol–water partition coefficient (Wildman–Crippen LogP) is 4.68. The van der Waals surface area contributed by atoms with E-state index in [4.69, 9.17) is 4.42 Å². The van der Waals surface area contributed by atoms with Gasteiger partial charge in [-0.1, -0.05) is 19.3 Å². The van der Waals surface area contributed by atoms with Crippen LogP contribution in [0.3, 0.4) is 0 Å². The minimum atomic E-state index is -0.412. The minimum Gasteiger partial charge on any atom is -0.454 e. The molecule has 4 rings (SSSR count). The summed E-state index contributed by atoms with van der Waals surface area (Å²) in [6.07, 6.45) is 9.32. The maximum absolute atomic E-state index is 14.7. The van der Waals surface area contributed by atoms with Crippen LogP contribution in [0.2, 0.25) is 0 Å². The standard InChI is InChI=1S/C22H25FN4O2/c1-26(17-6-3-2-4-7-17)20-10-8-16(14-19(20)23)25-22(28)21-11-9-18(29-21)15-27-13-5-12-24-27/h5,8-14,17H,2-4,6-7,15H2,1H3,(H,25,28). The Morgan fingerprint density at radius 2 is 2.10 bits per heavy atom. The molecule has 1 N–H and O–H groups in total. The second kappa shape index (κ2) is 8.51. The molecule has 3 aromatic rings. The molecule has 2 heterocycles. The number of anilines is 2. The van der Waals surface area contributed by atoms with E-state index < -0.39 is 5.91 Å². The quantitative estimate of drug-likeness (QED) is 0.657. The third kappa shape index (κ3) is 4.50. The molecule has 1 fully saturated rings. The Labute approximate surface area is 169 Å². The number of hydrogen-bond donors (Lipinski definition) is 1. The highest BCUT2D eigenvalue weighted by Crippen LogP contribution is 2.29. The van der Waals surface area contributed by atoms with Gasteiger partial charge in [-0.05, 0) is 49.2 Å². The summed E-state index contributed by atoms with van der Waals surface area (Å²) < 4.78 is 22.0. The van der Waals surface area contributed by atoms with E-state index >= 15 is 0 Å². The lowest BCUT2D eigenvalue weighted by Gasteiger charge is -2.33. The van der Waals surface area contributed by atoms with Gasteiger partial charge >= 0.3 is 0 Å². The maximum atomic E-state index is 14.7. The second-order valence-electron chi connectivity index (χ2n) is 7.49. The lowest BCUT2D eigenvalue weighted by molar-refractivity contribution is 0.0994. The summed E-state index contributed by atoms with van der Waals surface area (Å²) in [4.78, 5) is 14.5. The van der Waals surface area contributed by atoms with Gasteiger partial charge in [-0.15, -0.1) is 0 Å². The molecule has 0 saturated heterocycles. The van der Waals surface area contributed by atoms with Gasteiger partial charge in [-0.3, -0.25) is 9.48 Å². The summed E-state index contributed by atoms with van der Waals surface area (Å²) >= 11 is 0. The molecule has 2 aromatic heterocycles. The molecule has 0 spiro atoms. The molecule has 0 unspecified atom stereocenters. The van der Waals surface area contributed by atoms with Crippen molar-refractivity contribution < 1.29 is 13.6 Å². The molecule has 0 radical (unpaired) electrons. The normalized spacial score (nSPS) is 14.7. The average molecular weight is 396 g/mol. The van der Waals surface area contributed by atoms with Gasteiger partial charge in [0, 0.05) is 31.2 Å². The molecule has 1 aliphatic carbocycles. The average Bonchev–Trinajstić information content (AvgIpc) is 3.41. The molecule has 1 amide bonds. The van der Waals surface area contributed by atoms with Crippen molar-refractivity contribution in [2.45, 2.75) is 44.7 Å². The van der Waals surface area contributed by atoms with Crippen molar-refractivity contribution in [3.05, 3.63) is 66.1 Å². The van der Waals surface area contributed by atoms with Crippen LogP contribution in [0.5, 0.6) is 0 Å². The molecule has 0 atom stereocenters. The topological polar surface area (TPSA) is 63.3 Å². The first-order valence-corrected chi connectivity index (χ1v) is 10.00. The number of amides is 1. The van der Waals surface area contributed by atoms with Crippen LogP contribution < -0.4 is 10.2 Å². The van der Waals surface area contributed by atoms with Gasteiger partial charge in [0.15, 0.2) is 5.76 Å². The van der Waals surface area contributed by atoms with Crippen LogP contribution in [0.15, 0.2) is 53.2 Å². The van der Waals surface area contributed by atoms with Gasteiger partial charge in [0.25, 0.3) is 5.91 Å². The number of carbonyl (C=O) groups excluding carboxylic acids is 1. The zero-order valence-electron chi connectivity index (χ0n) is 16.5. The number of nitrogens with zero attached hydrogens (tertiary/aromatic N) is 3. The van der Waals surface area contributed by atoms with Crippen molar-refractivity contribution in [2.24, 2.45) is 0 Å². The van der Waals surface area contributed by atoms with E-state index in [2.05, 4.69) is 10.4 Å². The Morgan fingerprint density at radius 3 is 2.83 bits per heavy atom. The first kappa shape index (κ1) is 19.2. The summed E-state index contributed by atoms with van der Waals surface area (Å²) in [6.45, 7) is 0.442. The highest BCUT2D eigenvalue weighted by atomic mass is 19.1. The Bertz CT molecular complexity index is 961. The molecule has 1 aromatic carbocycles. The van der Waals surface area contributed by atoms with Crippen molar-refractivity contribution in [1.29, 1.82) is 0 Å². The molecular formula is C22H25FN4O2. The SMILES string of the molecule is CN(c1ccc(NC(=O)c2ccc(Cn3cccn3)o2)cc1F)C1CCCCC1. The van der Waals surface area contributed by atoms with Crippen molar-refractivity contribution in [2.75, 3.05) is 17.3 Å². The Hall–Kier alpha value is -3.09. The zero-order chi connectivity index (χ0) is 20.2. The van der Waals surface area contributed by atoms with E-state index in [9.17, 15) is 9.18 Å². The van der Waals surface area contributed by atoms with Crippen LogP contribution in [0.4, 0.5) is 15.8 Å². The summed E-state index contributed by atoms with van der Waals surface area (Å²) in [5, 5.41) is 6.81.